The van der Waals surface area contributed by atoms with E-state index in [-0.39, 0.29) is 0 Å². The predicted octanol–water partition coefficient (Wildman–Crippen LogP) is 3.27. The Morgan fingerprint density at radius 1 is 1.14 bits per heavy atom. The third kappa shape index (κ3) is 1.59. The lowest BCUT2D eigenvalue weighted by Gasteiger charge is -2.08. The number of nitrogens with zero attached hydrogens (tertiary/aromatic N) is 4. The molecule has 3 aromatic heterocycles. The maximum atomic E-state index is 6.26. The van der Waals surface area contributed by atoms with Crippen molar-refractivity contribution in [3.8, 4) is 11.1 Å². The smallest absolute Gasteiger partial charge is 0.157 e. The fraction of sp³-hybridized carbons (Fsp3) is 0.176. The number of nitrogens with two attached hydrogens (primary N) is 1. The summed E-state index contributed by atoms with van der Waals surface area (Å²) in [6.07, 6.45) is 8.30. The highest BCUT2D eigenvalue weighted by molar-refractivity contribution is 5.88. The van der Waals surface area contributed by atoms with Gasteiger partial charge in [0.2, 0.25) is 0 Å². The van der Waals surface area contributed by atoms with Crippen LogP contribution in [-0.4, -0.2) is 19.2 Å². The average molecular weight is 289 g/mol. The topological polar surface area (TPSA) is 61.1 Å². The van der Waals surface area contributed by atoms with Gasteiger partial charge in [0.15, 0.2) is 5.65 Å². The quantitative estimate of drug-likeness (QED) is 0.616. The average Bonchev–Trinajstić information content (AvgIpc) is 3.11. The van der Waals surface area contributed by atoms with E-state index in [0.717, 1.165) is 16.8 Å². The molecule has 22 heavy (non-hydrogen) atoms. The lowest BCUT2D eigenvalue weighted by Crippen LogP contribution is -2.02. The molecule has 0 unspecified atom stereocenters. The van der Waals surface area contributed by atoms with Crippen molar-refractivity contribution in [3.05, 3.63) is 48.9 Å². The van der Waals surface area contributed by atoms with Gasteiger partial charge in [-0.3, -0.25) is 0 Å². The zero-order valence-electron chi connectivity index (χ0n) is 12.0. The summed E-state index contributed by atoms with van der Waals surface area (Å²) in [4.78, 5) is 4.42. The van der Waals surface area contributed by atoms with Gasteiger partial charge in [0.25, 0.3) is 0 Å². The normalized spacial score (nSPS) is 14.9. The number of hydrogen-bond donors (Lipinski definition) is 1. The van der Waals surface area contributed by atoms with Crippen LogP contribution in [0.5, 0.6) is 0 Å². The Hall–Kier alpha value is -2.82. The van der Waals surface area contributed by atoms with Crippen molar-refractivity contribution in [3.63, 3.8) is 0 Å². The van der Waals surface area contributed by atoms with E-state index in [1.54, 1.807) is 10.7 Å². The molecule has 0 saturated heterocycles. The summed E-state index contributed by atoms with van der Waals surface area (Å²) in [6.45, 7) is 0. The van der Waals surface area contributed by atoms with E-state index in [1.165, 1.54) is 23.7 Å². The maximum Gasteiger partial charge on any atom is 0.157 e. The SMILES string of the molecule is Nc1c(-c2ccc3c(ccn3C3CC3)c2)cnc2ccnn12. The third-order valence-corrected chi connectivity index (χ3v) is 4.42. The molecule has 0 aliphatic heterocycles. The lowest BCUT2D eigenvalue weighted by atomic mass is 10.1. The van der Waals surface area contributed by atoms with Crippen molar-refractivity contribution < 1.29 is 0 Å². The predicted molar refractivity (Wildman–Crippen MR) is 86.6 cm³/mol. The van der Waals surface area contributed by atoms with Crippen LogP contribution in [0.1, 0.15) is 18.9 Å². The molecule has 108 valence electrons. The number of rotatable bonds is 2. The Kier molecular flexibility index (Phi) is 2.20. The second kappa shape index (κ2) is 4.10. The standard InChI is InChI=1S/C17H15N5/c18-17-14(10-19-16-5-7-20-22(16)17)11-1-4-15-12(9-11)6-8-21(15)13-2-3-13/h1,4-10,13H,2-3,18H2. The number of benzene rings is 1. The van der Waals surface area contributed by atoms with Gasteiger partial charge < -0.3 is 10.3 Å². The van der Waals surface area contributed by atoms with Gasteiger partial charge in [-0.25, -0.2) is 4.98 Å². The number of nitrogen functional groups attached to an aromatic ring is 1. The minimum atomic E-state index is 0.621. The molecule has 0 radical (unpaired) electrons. The fourth-order valence-corrected chi connectivity index (χ4v) is 3.12. The van der Waals surface area contributed by atoms with Crippen LogP contribution >= 0.6 is 0 Å². The Morgan fingerprint density at radius 3 is 2.91 bits per heavy atom. The first-order valence-corrected chi connectivity index (χ1v) is 7.50. The summed E-state index contributed by atoms with van der Waals surface area (Å²) in [5.74, 6) is 0.621. The number of fused-ring (bicyclic) bond motifs is 2. The molecule has 0 amide bonds. The monoisotopic (exact) mass is 289 g/mol. The molecule has 1 fully saturated rings. The van der Waals surface area contributed by atoms with Crippen molar-refractivity contribution in [1.82, 2.24) is 19.2 Å². The first-order valence-electron chi connectivity index (χ1n) is 7.50. The fourth-order valence-electron chi connectivity index (χ4n) is 3.12. The molecular formula is C17H15N5. The van der Waals surface area contributed by atoms with Gasteiger partial charge in [0.05, 0.1) is 6.20 Å². The maximum absolute atomic E-state index is 6.26. The first-order chi connectivity index (χ1) is 10.8. The molecule has 1 saturated carbocycles. The van der Waals surface area contributed by atoms with Gasteiger partial charge in [0.1, 0.15) is 5.82 Å². The largest absolute Gasteiger partial charge is 0.383 e. The van der Waals surface area contributed by atoms with Crippen molar-refractivity contribution >= 4 is 22.4 Å². The highest BCUT2D eigenvalue weighted by atomic mass is 15.3. The molecule has 4 aromatic rings. The van der Waals surface area contributed by atoms with E-state index in [9.17, 15) is 0 Å². The van der Waals surface area contributed by atoms with Crippen molar-refractivity contribution in [2.75, 3.05) is 5.73 Å². The van der Waals surface area contributed by atoms with E-state index in [2.05, 4.69) is 45.1 Å². The van der Waals surface area contributed by atoms with Crippen molar-refractivity contribution in [2.45, 2.75) is 18.9 Å². The Balaban J connectivity index is 1.69. The molecule has 2 N–H and O–H groups in total. The Labute approximate surface area is 127 Å². The van der Waals surface area contributed by atoms with E-state index in [4.69, 9.17) is 5.73 Å². The van der Waals surface area contributed by atoms with Crippen LogP contribution in [0.4, 0.5) is 5.82 Å². The molecule has 1 aromatic carbocycles. The zero-order chi connectivity index (χ0) is 14.7. The summed E-state index contributed by atoms with van der Waals surface area (Å²) in [5, 5.41) is 5.47. The molecule has 0 atom stereocenters. The van der Waals surface area contributed by atoms with Crippen LogP contribution in [0.25, 0.3) is 27.7 Å². The number of aromatic nitrogens is 4. The zero-order valence-corrected chi connectivity index (χ0v) is 12.0. The Bertz CT molecular complexity index is 1010. The first kappa shape index (κ1) is 11.8. The van der Waals surface area contributed by atoms with Crippen LogP contribution in [0.3, 0.4) is 0 Å². The van der Waals surface area contributed by atoms with Crippen LogP contribution in [-0.2, 0) is 0 Å². The van der Waals surface area contributed by atoms with Crippen molar-refractivity contribution in [2.24, 2.45) is 0 Å². The molecule has 1 aliphatic carbocycles. The summed E-state index contributed by atoms with van der Waals surface area (Å²) in [7, 11) is 0. The van der Waals surface area contributed by atoms with Gasteiger partial charge in [-0.05, 0) is 36.6 Å². The van der Waals surface area contributed by atoms with Crippen LogP contribution in [0, 0.1) is 0 Å². The van der Waals surface area contributed by atoms with E-state index in [1.807, 2.05) is 12.3 Å². The molecule has 5 rings (SSSR count). The Morgan fingerprint density at radius 2 is 2.05 bits per heavy atom. The second-order valence-corrected chi connectivity index (χ2v) is 5.89. The minimum absolute atomic E-state index is 0.621. The number of anilines is 1. The summed E-state index contributed by atoms with van der Waals surface area (Å²) in [5.41, 5.74) is 10.3. The minimum Gasteiger partial charge on any atom is -0.383 e. The van der Waals surface area contributed by atoms with E-state index in [0.29, 0.717) is 11.9 Å². The number of hydrogen-bond acceptors (Lipinski definition) is 3. The summed E-state index contributed by atoms with van der Waals surface area (Å²) < 4.78 is 4.05. The second-order valence-electron chi connectivity index (χ2n) is 5.89. The van der Waals surface area contributed by atoms with Crippen LogP contribution in [0.15, 0.2) is 48.9 Å². The molecule has 0 bridgehead atoms. The van der Waals surface area contributed by atoms with Crippen LogP contribution < -0.4 is 5.73 Å². The van der Waals surface area contributed by atoms with E-state index >= 15 is 0 Å². The van der Waals surface area contributed by atoms with Gasteiger partial charge in [-0.15, -0.1) is 0 Å². The molecule has 5 nitrogen and oxygen atoms in total. The highest BCUT2D eigenvalue weighted by Crippen LogP contribution is 2.38. The molecular weight excluding hydrogens is 274 g/mol. The third-order valence-electron chi connectivity index (χ3n) is 4.42. The molecule has 3 heterocycles. The molecule has 5 heteroatoms. The van der Waals surface area contributed by atoms with E-state index < -0.39 is 0 Å². The molecule has 0 spiro atoms. The van der Waals surface area contributed by atoms with Crippen LogP contribution in [0.2, 0.25) is 0 Å². The van der Waals surface area contributed by atoms with Gasteiger partial charge >= 0.3 is 0 Å². The highest BCUT2D eigenvalue weighted by Gasteiger charge is 2.24. The summed E-state index contributed by atoms with van der Waals surface area (Å²) in [6, 6.07) is 11.2. The van der Waals surface area contributed by atoms with Crippen molar-refractivity contribution in [1.29, 1.82) is 0 Å². The van der Waals surface area contributed by atoms with Gasteiger partial charge in [-0.1, -0.05) is 6.07 Å². The summed E-state index contributed by atoms with van der Waals surface area (Å²) >= 11 is 0. The lowest BCUT2D eigenvalue weighted by molar-refractivity contribution is 0.776. The van der Waals surface area contributed by atoms with Gasteiger partial charge in [0, 0.05) is 41.0 Å². The van der Waals surface area contributed by atoms with Gasteiger partial charge in [-0.2, -0.15) is 9.61 Å². The molecule has 1 aliphatic rings.